The first-order valence-electron chi connectivity index (χ1n) is 8.06. The van der Waals surface area contributed by atoms with E-state index in [1.807, 2.05) is 0 Å². The van der Waals surface area contributed by atoms with Crippen LogP contribution < -0.4 is 14.4 Å². The molecule has 8 heteroatoms. The molecule has 6 nitrogen and oxygen atoms in total. The lowest BCUT2D eigenvalue weighted by atomic mass is 10.2. The monoisotopic (exact) mass is 378 g/mol. The van der Waals surface area contributed by atoms with Gasteiger partial charge in [0.15, 0.2) is 0 Å². The summed E-state index contributed by atoms with van der Waals surface area (Å²) in [6, 6.07) is 9.45. The number of carbonyl (C=O) groups is 1. The van der Waals surface area contributed by atoms with E-state index in [-0.39, 0.29) is 16.6 Å². The molecule has 0 unspecified atom stereocenters. The second-order valence-corrected chi connectivity index (χ2v) is 7.78. The molecule has 0 aliphatic carbocycles. The first-order chi connectivity index (χ1) is 12.3. The number of nitrogens with one attached hydrogen (secondary N) is 1. The maximum atomic E-state index is 13.4. The van der Waals surface area contributed by atoms with Crippen LogP contribution in [0.15, 0.2) is 47.4 Å². The Morgan fingerprint density at radius 3 is 2.50 bits per heavy atom. The highest BCUT2D eigenvalue weighted by Gasteiger charge is 2.35. The maximum Gasteiger partial charge on any atom is 0.245 e. The molecule has 26 heavy (non-hydrogen) atoms. The van der Waals surface area contributed by atoms with Gasteiger partial charge in [0.1, 0.15) is 17.6 Å². The zero-order valence-electron chi connectivity index (χ0n) is 14.4. The molecule has 0 saturated carbocycles. The number of anilines is 1. The van der Waals surface area contributed by atoms with E-state index in [2.05, 4.69) is 4.72 Å². The van der Waals surface area contributed by atoms with E-state index in [0.717, 1.165) is 0 Å². The van der Waals surface area contributed by atoms with E-state index in [9.17, 15) is 17.6 Å². The molecule has 1 heterocycles. The number of rotatable bonds is 5. The highest BCUT2D eigenvalue weighted by Crippen LogP contribution is 2.25. The van der Waals surface area contributed by atoms with Crippen molar-refractivity contribution < 1.29 is 22.3 Å². The van der Waals surface area contributed by atoms with E-state index in [4.69, 9.17) is 4.74 Å². The Morgan fingerprint density at radius 1 is 1.19 bits per heavy atom. The van der Waals surface area contributed by atoms with Crippen molar-refractivity contribution in [2.24, 2.45) is 0 Å². The van der Waals surface area contributed by atoms with E-state index < -0.39 is 16.1 Å². The molecule has 138 valence electrons. The summed E-state index contributed by atoms with van der Waals surface area (Å²) in [5.41, 5.74) is 0.984. The summed E-state index contributed by atoms with van der Waals surface area (Å²) >= 11 is 0. The summed E-state index contributed by atoms with van der Waals surface area (Å²) in [7, 11) is -2.34. The second-order valence-electron chi connectivity index (χ2n) is 6.06. The highest BCUT2D eigenvalue weighted by molar-refractivity contribution is 7.89. The predicted molar refractivity (Wildman–Crippen MR) is 95.2 cm³/mol. The fourth-order valence-corrected chi connectivity index (χ4v) is 4.08. The Labute approximate surface area is 151 Å². The molecule has 1 aliphatic heterocycles. The van der Waals surface area contributed by atoms with E-state index in [1.165, 1.54) is 36.3 Å². The fourth-order valence-electron chi connectivity index (χ4n) is 2.85. The van der Waals surface area contributed by atoms with Crippen LogP contribution in [0.3, 0.4) is 0 Å². The first kappa shape index (κ1) is 18.3. The van der Waals surface area contributed by atoms with Crippen molar-refractivity contribution in [1.29, 1.82) is 0 Å². The summed E-state index contributed by atoms with van der Waals surface area (Å²) < 4.78 is 45.9. The Kier molecular flexibility index (Phi) is 4.97. The van der Waals surface area contributed by atoms with Gasteiger partial charge < -0.3 is 9.64 Å². The molecule has 1 fully saturated rings. The average Bonchev–Trinajstić information content (AvgIpc) is 2.97. The van der Waals surface area contributed by atoms with Crippen LogP contribution in [0, 0.1) is 12.7 Å². The molecule has 0 bridgehead atoms. The van der Waals surface area contributed by atoms with Crippen LogP contribution in [-0.4, -0.2) is 34.0 Å². The van der Waals surface area contributed by atoms with Crippen LogP contribution >= 0.6 is 0 Å². The second kappa shape index (κ2) is 7.05. The molecule has 1 atom stereocenters. The number of ether oxygens (including phenoxy) is 1. The Hall–Kier alpha value is -2.45. The van der Waals surface area contributed by atoms with Gasteiger partial charge in [-0.05, 0) is 61.4 Å². The van der Waals surface area contributed by atoms with Gasteiger partial charge in [-0.2, -0.15) is 4.72 Å². The lowest BCUT2D eigenvalue weighted by Crippen LogP contribution is -2.41. The maximum absolute atomic E-state index is 13.4. The number of hydrogen-bond donors (Lipinski definition) is 1. The zero-order valence-corrected chi connectivity index (χ0v) is 15.2. The van der Waals surface area contributed by atoms with Gasteiger partial charge in [-0.15, -0.1) is 0 Å². The Balaban J connectivity index is 1.76. The summed E-state index contributed by atoms with van der Waals surface area (Å²) in [6.07, 6.45) is 0.338. The number of halogens is 1. The number of sulfonamides is 1. The van der Waals surface area contributed by atoms with E-state index in [0.29, 0.717) is 30.0 Å². The SMILES string of the molecule is COc1ccc(S(=O)(=O)N[C@H]2CCN(c3ccc(F)c(C)c3)C2=O)cc1. The molecular weight excluding hydrogens is 359 g/mol. The smallest absolute Gasteiger partial charge is 0.245 e. The highest BCUT2D eigenvalue weighted by atomic mass is 32.2. The molecule has 0 aromatic heterocycles. The third-order valence-corrected chi connectivity index (χ3v) is 5.81. The van der Waals surface area contributed by atoms with Crippen molar-refractivity contribution in [3.8, 4) is 5.75 Å². The summed E-state index contributed by atoms with van der Waals surface area (Å²) in [5.74, 6) is -0.163. The van der Waals surface area contributed by atoms with Gasteiger partial charge in [0.2, 0.25) is 15.9 Å². The van der Waals surface area contributed by atoms with Crippen LogP contribution in [0.25, 0.3) is 0 Å². The van der Waals surface area contributed by atoms with Gasteiger partial charge in [-0.3, -0.25) is 4.79 Å². The number of aryl methyl sites for hydroxylation is 1. The van der Waals surface area contributed by atoms with Crippen molar-refractivity contribution in [1.82, 2.24) is 4.72 Å². The van der Waals surface area contributed by atoms with Gasteiger partial charge in [-0.1, -0.05) is 0 Å². The number of methoxy groups -OCH3 is 1. The van der Waals surface area contributed by atoms with Crippen molar-refractivity contribution in [2.75, 3.05) is 18.6 Å². The van der Waals surface area contributed by atoms with E-state index >= 15 is 0 Å². The topological polar surface area (TPSA) is 75.7 Å². The quantitative estimate of drug-likeness (QED) is 0.866. The number of nitrogens with zero attached hydrogens (tertiary/aromatic N) is 1. The number of amides is 1. The largest absolute Gasteiger partial charge is 0.497 e. The number of benzene rings is 2. The molecule has 1 amide bonds. The fraction of sp³-hybridized carbons (Fsp3) is 0.278. The Bertz CT molecular complexity index is 929. The van der Waals surface area contributed by atoms with Crippen molar-refractivity contribution >= 4 is 21.6 Å². The molecule has 2 aromatic rings. The van der Waals surface area contributed by atoms with Gasteiger partial charge in [0, 0.05) is 12.2 Å². The molecule has 0 radical (unpaired) electrons. The minimum atomic E-state index is -3.84. The third kappa shape index (κ3) is 3.56. The van der Waals surface area contributed by atoms with Gasteiger partial charge in [-0.25, -0.2) is 12.8 Å². The summed E-state index contributed by atoms with van der Waals surface area (Å²) in [6.45, 7) is 1.98. The van der Waals surface area contributed by atoms with Crippen molar-refractivity contribution in [3.63, 3.8) is 0 Å². The third-order valence-electron chi connectivity index (χ3n) is 4.33. The first-order valence-corrected chi connectivity index (χ1v) is 9.54. The predicted octanol–water partition coefficient (Wildman–Crippen LogP) is 2.23. The standard InChI is InChI=1S/C18H19FN2O4S/c1-12-11-13(3-8-16(12)19)21-10-9-17(18(21)22)20-26(23,24)15-6-4-14(25-2)5-7-15/h3-8,11,17,20H,9-10H2,1-2H3/t17-/m0/s1. The minimum absolute atomic E-state index is 0.0576. The van der Waals surface area contributed by atoms with Crippen molar-refractivity contribution in [3.05, 3.63) is 53.8 Å². The summed E-state index contributed by atoms with van der Waals surface area (Å²) in [5, 5.41) is 0. The van der Waals surface area contributed by atoms with Crippen molar-refractivity contribution in [2.45, 2.75) is 24.3 Å². The molecule has 1 aliphatic rings. The molecular formula is C18H19FN2O4S. The number of hydrogen-bond acceptors (Lipinski definition) is 4. The molecule has 3 rings (SSSR count). The lowest BCUT2D eigenvalue weighted by Gasteiger charge is -2.18. The molecule has 1 saturated heterocycles. The van der Waals surface area contributed by atoms with Crippen LogP contribution in [-0.2, 0) is 14.8 Å². The molecule has 1 N–H and O–H groups in total. The number of carbonyl (C=O) groups excluding carboxylic acids is 1. The lowest BCUT2D eigenvalue weighted by molar-refractivity contribution is -0.118. The van der Waals surface area contributed by atoms with Gasteiger partial charge >= 0.3 is 0 Å². The Morgan fingerprint density at radius 2 is 1.88 bits per heavy atom. The van der Waals surface area contributed by atoms with Gasteiger partial charge in [0.05, 0.1) is 12.0 Å². The summed E-state index contributed by atoms with van der Waals surface area (Å²) in [4.78, 5) is 14.1. The molecule has 2 aromatic carbocycles. The molecule has 0 spiro atoms. The zero-order chi connectivity index (χ0) is 18.9. The van der Waals surface area contributed by atoms with E-state index in [1.54, 1.807) is 25.1 Å². The normalized spacial score (nSPS) is 17.6. The van der Waals surface area contributed by atoms with Gasteiger partial charge in [0.25, 0.3) is 0 Å². The van der Waals surface area contributed by atoms with Crippen LogP contribution in [0.5, 0.6) is 5.75 Å². The minimum Gasteiger partial charge on any atom is -0.497 e. The van der Waals surface area contributed by atoms with Crippen LogP contribution in [0.4, 0.5) is 10.1 Å². The van der Waals surface area contributed by atoms with Crippen LogP contribution in [0.2, 0.25) is 0 Å². The van der Waals surface area contributed by atoms with Crippen LogP contribution in [0.1, 0.15) is 12.0 Å². The average molecular weight is 378 g/mol.